The average molecular weight is 328 g/mol. The first-order valence-corrected chi connectivity index (χ1v) is 8.31. The molecule has 118 valence electrons. The molecule has 0 spiro atoms. The summed E-state index contributed by atoms with van der Waals surface area (Å²) in [5.74, 6) is 1.23. The van der Waals surface area contributed by atoms with E-state index < -0.39 is 0 Å². The first-order chi connectivity index (χ1) is 11.1. The van der Waals surface area contributed by atoms with Gasteiger partial charge in [-0.15, -0.1) is 11.3 Å². The molecule has 5 nitrogen and oxygen atoms in total. The number of carbonyl (C=O) groups is 1. The van der Waals surface area contributed by atoms with Gasteiger partial charge in [0, 0.05) is 17.8 Å². The molecule has 4 rings (SSSR count). The lowest BCUT2D eigenvalue weighted by molar-refractivity contribution is 0.101. The highest BCUT2D eigenvalue weighted by molar-refractivity contribution is 7.17. The van der Waals surface area contributed by atoms with E-state index >= 15 is 0 Å². The minimum absolute atomic E-state index is 0.124. The van der Waals surface area contributed by atoms with Gasteiger partial charge >= 0.3 is 0 Å². The summed E-state index contributed by atoms with van der Waals surface area (Å²) in [7, 11) is 0. The molecular formula is C17H16N2O3S. The summed E-state index contributed by atoms with van der Waals surface area (Å²) in [6, 6.07) is 9.61. The number of nitrogens with zero attached hydrogens (tertiary/aromatic N) is 1. The SMILES string of the molecule is CC(C)n1c(C(=O)Nc2ccc3c(c2)OCO3)cc2sccc21. The Labute approximate surface area is 137 Å². The van der Waals surface area contributed by atoms with Crippen LogP contribution in [0.1, 0.15) is 30.4 Å². The second-order valence-corrected chi connectivity index (χ2v) is 6.63. The van der Waals surface area contributed by atoms with Crippen LogP contribution < -0.4 is 14.8 Å². The Hall–Kier alpha value is -2.47. The number of ether oxygens (including phenoxy) is 2. The van der Waals surface area contributed by atoms with Gasteiger partial charge in [0.2, 0.25) is 6.79 Å². The zero-order chi connectivity index (χ0) is 16.0. The van der Waals surface area contributed by atoms with Crippen molar-refractivity contribution in [2.45, 2.75) is 19.9 Å². The van der Waals surface area contributed by atoms with E-state index in [0.717, 1.165) is 10.2 Å². The standard InChI is InChI=1S/C17H16N2O3S/c1-10(2)19-12-5-6-23-16(12)8-13(19)17(20)18-11-3-4-14-15(7-11)22-9-21-14/h3-8,10H,9H2,1-2H3,(H,18,20). The van der Waals surface area contributed by atoms with E-state index in [1.54, 1.807) is 23.5 Å². The number of carbonyl (C=O) groups excluding carboxylic acids is 1. The van der Waals surface area contributed by atoms with Gasteiger partial charge in [0.05, 0.1) is 10.2 Å². The van der Waals surface area contributed by atoms with Crippen LogP contribution in [0, 0.1) is 0 Å². The van der Waals surface area contributed by atoms with Crippen LogP contribution in [0.2, 0.25) is 0 Å². The molecule has 0 unspecified atom stereocenters. The van der Waals surface area contributed by atoms with E-state index in [-0.39, 0.29) is 18.7 Å². The Morgan fingerprint density at radius 2 is 2.04 bits per heavy atom. The van der Waals surface area contributed by atoms with Crippen LogP contribution in [0.3, 0.4) is 0 Å². The molecule has 0 radical (unpaired) electrons. The molecular weight excluding hydrogens is 312 g/mol. The predicted molar refractivity (Wildman–Crippen MR) is 90.7 cm³/mol. The van der Waals surface area contributed by atoms with Crippen LogP contribution in [0.25, 0.3) is 10.2 Å². The van der Waals surface area contributed by atoms with Gasteiger partial charge in [-0.2, -0.15) is 0 Å². The van der Waals surface area contributed by atoms with Gasteiger partial charge in [0.25, 0.3) is 5.91 Å². The van der Waals surface area contributed by atoms with Crippen molar-refractivity contribution in [1.29, 1.82) is 0 Å². The molecule has 3 aromatic rings. The van der Waals surface area contributed by atoms with Crippen molar-refractivity contribution in [1.82, 2.24) is 4.57 Å². The van der Waals surface area contributed by atoms with Crippen LogP contribution in [0.4, 0.5) is 5.69 Å². The van der Waals surface area contributed by atoms with Gasteiger partial charge in [-0.25, -0.2) is 0 Å². The molecule has 23 heavy (non-hydrogen) atoms. The molecule has 0 saturated heterocycles. The Bertz CT molecular complexity index is 895. The minimum Gasteiger partial charge on any atom is -0.454 e. The third-order valence-corrected chi connectivity index (χ3v) is 4.69. The summed E-state index contributed by atoms with van der Waals surface area (Å²) >= 11 is 1.64. The maximum absolute atomic E-state index is 12.7. The number of anilines is 1. The summed E-state index contributed by atoms with van der Waals surface area (Å²) in [5, 5.41) is 4.99. The zero-order valence-electron chi connectivity index (χ0n) is 12.8. The summed E-state index contributed by atoms with van der Waals surface area (Å²) < 4.78 is 13.8. The summed E-state index contributed by atoms with van der Waals surface area (Å²) in [5.41, 5.74) is 2.46. The highest BCUT2D eigenvalue weighted by atomic mass is 32.1. The maximum Gasteiger partial charge on any atom is 0.272 e. The van der Waals surface area contributed by atoms with Crippen LogP contribution in [-0.4, -0.2) is 17.3 Å². The largest absolute Gasteiger partial charge is 0.454 e. The molecule has 1 amide bonds. The first-order valence-electron chi connectivity index (χ1n) is 7.43. The summed E-state index contributed by atoms with van der Waals surface area (Å²) in [6.45, 7) is 4.38. The van der Waals surface area contributed by atoms with Gasteiger partial charge in [0.1, 0.15) is 5.69 Å². The number of hydrogen-bond donors (Lipinski definition) is 1. The van der Waals surface area contributed by atoms with Gasteiger partial charge in [-0.1, -0.05) is 0 Å². The Morgan fingerprint density at radius 3 is 2.87 bits per heavy atom. The maximum atomic E-state index is 12.7. The van der Waals surface area contributed by atoms with Crippen molar-refractivity contribution < 1.29 is 14.3 Å². The van der Waals surface area contributed by atoms with Gasteiger partial charge in [0.15, 0.2) is 11.5 Å². The van der Waals surface area contributed by atoms with E-state index in [1.807, 2.05) is 17.5 Å². The van der Waals surface area contributed by atoms with E-state index in [4.69, 9.17) is 9.47 Å². The zero-order valence-corrected chi connectivity index (χ0v) is 13.6. The van der Waals surface area contributed by atoms with Crippen molar-refractivity contribution >= 4 is 33.1 Å². The number of rotatable bonds is 3. The second-order valence-electron chi connectivity index (χ2n) is 5.69. The van der Waals surface area contributed by atoms with E-state index in [9.17, 15) is 4.79 Å². The molecule has 0 aliphatic carbocycles. The fraction of sp³-hybridized carbons (Fsp3) is 0.235. The molecule has 0 atom stereocenters. The van der Waals surface area contributed by atoms with Crippen LogP contribution >= 0.6 is 11.3 Å². The fourth-order valence-electron chi connectivity index (χ4n) is 2.85. The Morgan fingerprint density at radius 1 is 1.22 bits per heavy atom. The molecule has 1 N–H and O–H groups in total. The number of thiophene rings is 1. The topological polar surface area (TPSA) is 52.5 Å². The Kier molecular flexibility index (Phi) is 3.27. The number of fused-ring (bicyclic) bond motifs is 2. The van der Waals surface area contributed by atoms with Crippen molar-refractivity contribution in [3.63, 3.8) is 0 Å². The molecule has 1 aromatic carbocycles. The van der Waals surface area contributed by atoms with Crippen LogP contribution in [0.5, 0.6) is 11.5 Å². The molecule has 0 fully saturated rings. The van der Waals surface area contributed by atoms with Crippen LogP contribution in [-0.2, 0) is 0 Å². The number of aromatic nitrogens is 1. The smallest absolute Gasteiger partial charge is 0.272 e. The Balaban J connectivity index is 1.67. The number of hydrogen-bond acceptors (Lipinski definition) is 4. The highest BCUT2D eigenvalue weighted by Crippen LogP contribution is 2.35. The minimum atomic E-state index is -0.124. The average Bonchev–Trinajstić information content (AvgIpc) is 3.20. The molecule has 2 aromatic heterocycles. The molecule has 0 saturated carbocycles. The lowest BCUT2D eigenvalue weighted by Crippen LogP contribution is -2.18. The van der Waals surface area contributed by atoms with E-state index in [1.165, 1.54) is 0 Å². The fourth-order valence-corrected chi connectivity index (χ4v) is 3.66. The van der Waals surface area contributed by atoms with Crippen molar-refractivity contribution in [3.8, 4) is 11.5 Å². The van der Waals surface area contributed by atoms with Crippen molar-refractivity contribution in [2.75, 3.05) is 12.1 Å². The lowest BCUT2D eigenvalue weighted by atomic mass is 10.2. The number of nitrogens with one attached hydrogen (secondary N) is 1. The first kappa shape index (κ1) is 14.1. The van der Waals surface area contributed by atoms with Crippen LogP contribution in [0.15, 0.2) is 35.7 Å². The van der Waals surface area contributed by atoms with Crippen molar-refractivity contribution in [2.24, 2.45) is 0 Å². The third-order valence-electron chi connectivity index (χ3n) is 3.84. The van der Waals surface area contributed by atoms with E-state index in [0.29, 0.717) is 22.9 Å². The molecule has 0 bridgehead atoms. The summed E-state index contributed by atoms with van der Waals surface area (Å²) in [4.78, 5) is 12.7. The quantitative estimate of drug-likeness (QED) is 0.781. The number of amides is 1. The van der Waals surface area contributed by atoms with Gasteiger partial charge in [-0.3, -0.25) is 4.79 Å². The highest BCUT2D eigenvalue weighted by Gasteiger charge is 2.19. The lowest BCUT2D eigenvalue weighted by Gasteiger charge is -2.14. The summed E-state index contributed by atoms with van der Waals surface area (Å²) in [6.07, 6.45) is 0. The normalized spacial score (nSPS) is 13.0. The molecule has 3 heterocycles. The second kappa shape index (κ2) is 5.31. The molecule has 1 aliphatic rings. The monoisotopic (exact) mass is 328 g/mol. The van der Waals surface area contributed by atoms with E-state index in [2.05, 4.69) is 29.8 Å². The number of benzene rings is 1. The van der Waals surface area contributed by atoms with Gasteiger partial charge in [-0.05, 0) is 43.5 Å². The molecule has 1 aliphatic heterocycles. The third kappa shape index (κ3) is 2.35. The van der Waals surface area contributed by atoms with Gasteiger partial charge < -0.3 is 19.4 Å². The molecule has 6 heteroatoms. The predicted octanol–water partition coefficient (Wildman–Crippen LogP) is 4.26. The van der Waals surface area contributed by atoms with Crippen molar-refractivity contribution in [3.05, 3.63) is 41.4 Å².